The number of benzene rings is 3. The van der Waals surface area contributed by atoms with Crippen LogP contribution in [0.4, 0.5) is 14.5 Å². The van der Waals surface area contributed by atoms with Crippen molar-refractivity contribution >= 4 is 34.6 Å². The smallest absolute Gasteiger partial charge is 0.228 e. The number of hydrogen-bond acceptors (Lipinski definition) is 5. The van der Waals surface area contributed by atoms with Crippen LogP contribution in [0.15, 0.2) is 57.9 Å². The SMILES string of the molecule is CCOc1cccc(C=Nc2ccc3oc(-c4cc(F)c(F)cc4Cl)nc3c2)c1O. The first kappa shape index (κ1) is 19.8. The summed E-state index contributed by atoms with van der Waals surface area (Å²) in [5, 5.41) is 10.2. The summed E-state index contributed by atoms with van der Waals surface area (Å²) in [7, 11) is 0. The minimum atomic E-state index is -1.05. The van der Waals surface area contributed by atoms with Crippen LogP contribution in [0.3, 0.4) is 0 Å². The first-order chi connectivity index (χ1) is 14.5. The molecule has 0 bridgehead atoms. The highest BCUT2D eigenvalue weighted by molar-refractivity contribution is 6.33. The number of hydrogen-bond donors (Lipinski definition) is 1. The molecular formula is C22H15ClF2N2O3. The molecule has 0 aliphatic carbocycles. The summed E-state index contributed by atoms with van der Waals surface area (Å²) in [4.78, 5) is 8.66. The maximum absolute atomic E-state index is 13.6. The summed E-state index contributed by atoms with van der Waals surface area (Å²) in [5.74, 6) is -1.65. The summed E-state index contributed by atoms with van der Waals surface area (Å²) in [6, 6.07) is 12.0. The number of aromatic nitrogens is 1. The van der Waals surface area contributed by atoms with E-state index in [0.717, 1.165) is 12.1 Å². The molecule has 8 heteroatoms. The second-order valence-corrected chi connectivity index (χ2v) is 6.71. The van der Waals surface area contributed by atoms with Crippen molar-refractivity contribution in [3.05, 3.63) is 70.8 Å². The van der Waals surface area contributed by atoms with E-state index in [9.17, 15) is 13.9 Å². The number of phenolic OH excluding ortho intramolecular Hbond substituents is 1. The van der Waals surface area contributed by atoms with Crippen LogP contribution in [-0.4, -0.2) is 22.9 Å². The van der Waals surface area contributed by atoms with Crippen LogP contribution in [0.5, 0.6) is 11.5 Å². The average Bonchev–Trinajstić information content (AvgIpc) is 3.14. The van der Waals surface area contributed by atoms with E-state index >= 15 is 0 Å². The van der Waals surface area contributed by atoms with Crippen LogP contribution in [0.25, 0.3) is 22.6 Å². The van der Waals surface area contributed by atoms with Crippen molar-refractivity contribution in [1.29, 1.82) is 0 Å². The van der Waals surface area contributed by atoms with Crippen molar-refractivity contribution in [3.63, 3.8) is 0 Å². The van der Waals surface area contributed by atoms with E-state index in [-0.39, 0.29) is 22.2 Å². The van der Waals surface area contributed by atoms with Gasteiger partial charge in [-0.3, -0.25) is 4.99 Å². The summed E-state index contributed by atoms with van der Waals surface area (Å²) < 4.78 is 37.9. The number of oxazole rings is 1. The van der Waals surface area contributed by atoms with E-state index in [0.29, 0.717) is 34.7 Å². The van der Waals surface area contributed by atoms with Crippen molar-refractivity contribution in [2.24, 2.45) is 4.99 Å². The molecule has 1 heterocycles. The third-order valence-corrected chi connectivity index (χ3v) is 4.61. The van der Waals surface area contributed by atoms with Gasteiger partial charge in [-0.2, -0.15) is 0 Å². The van der Waals surface area contributed by atoms with Gasteiger partial charge in [-0.1, -0.05) is 17.7 Å². The minimum Gasteiger partial charge on any atom is -0.504 e. The van der Waals surface area contributed by atoms with Crippen LogP contribution in [0.2, 0.25) is 5.02 Å². The molecule has 0 aliphatic rings. The predicted octanol–water partition coefficient (Wildman–Crippen LogP) is 6.28. The zero-order valence-electron chi connectivity index (χ0n) is 15.7. The zero-order chi connectivity index (χ0) is 21.3. The monoisotopic (exact) mass is 428 g/mol. The molecule has 1 aromatic heterocycles. The fraction of sp³-hybridized carbons (Fsp3) is 0.0909. The lowest BCUT2D eigenvalue weighted by Gasteiger charge is -2.07. The molecule has 152 valence electrons. The molecule has 0 saturated carbocycles. The highest BCUT2D eigenvalue weighted by atomic mass is 35.5. The number of rotatable bonds is 5. The Kier molecular flexibility index (Phi) is 5.37. The Morgan fingerprint density at radius 2 is 1.97 bits per heavy atom. The van der Waals surface area contributed by atoms with Crippen molar-refractivity contribution < 1.29 is 23.0 Å². The molecule has 4 aromatic rings. The Balaban J connectivity index is 1.66. The number of para-hydroxylation sites is 1. The topological polar surface area (TPSA) is 67.9 Å². The fourth-order valence-corrected chi connectivity index (χ4v) is 3.09. The van der Waals surface area contributed by atoms with E-state index in [1.54, 1.807) is 36.4 Å². The number of phenols is 1. The Hall–Kier alpha value is -3.45. The van der Waals surface area contributed by atoms with Gasteiger partial charge in [0, 0.05) is 11.8 Å². The number of fused-ring (bicyclic) bond motifs is 1. The molecule has 0 spiro atoms. The van der Waals surface area contributed by atoms with Gasteiger partial charge in [-0.15, -0.1) is 0 Å². The lowest BCUT2D eigenvalue weighted by Crippen LogP contribution is -1.93. The van der Waals surface area contributed by atoms with Gasteiger partial charge >= 0.3 is 0 Å². The summed E-state index contributed by atoms with van der Waals surface area (Å²) >= 11 is 6.00. The number of nitrogens with zero attached hydrogens (tertiary/aromatic N) is 2. The second kappa shape index (κ2) is 8.12. The maximum Gasteiger partial charge on any atom is 0.228 e. The van der Waals surface area contributed by atoms with Gasteiger partial charge in [-0.25, -0.2) is 13.8 Å². The van der Waals surface area contributed by atoms with Gasteiger partial charge in [0.25, 0.3) is 0 Å². The molecule has 0 fully saturated rings. The van der Waals surface area contributed by atoms with Crippen molar-refractivity contribution in [1.82, 2.24) is 4.98 Å². The number of halogens is 3. The van der Waals surface area contributed by atoms with Crippen molar-refractivity contribution in [2.75, 3.05) is 6.61 Å². The van der Waals surface area contributed by atoms with Gasteiger partial charge in [0.2, 0.25) is 5.89 Å². The van der Waals surface area contributed by atoms with E-state index < -0.39 is 11.6 Å². The van der Waals surface area contributed by atoms with Gasteiger partial charge < -0.3 is 14.3 Å². The molecule has 4 rings (SSSR count). The zero-order valence-corrected chi connectivity index (χ0v) is 16.5. The second-order valence-electron chi connectivity index (χ2n) is 6.30. The minimum absolute atomic E-state index is 0.000814. The Morgan fingerprint density at radius 3 is 2.77 bits per heavy atom. The Morgan fingerprint density at radius 1 is 1.17 bits per heavy atom. The first-order valence-electron chi connectivity index (χ1n) is 9.00. The molecule has 5 nitrogen and oxygen atoms in total. The average molecular weight is 429 g/mol. The van der Waals surface area contributed by atoms with Gasteiger partial charge in [0.05, 0.1) is 22.9 Å². The highest BCUT2D eigenvalue weighted by Gasteiger charge is 2.16. The fourth-order valence-electron chi connectivity index (χ4n) is 2.86. The van der Waals surface area contributed by atoms with Gasteiger partial charge in [-0.05, 0) is 49.4 Å². The van der Waals surface area contributed by atoms with E-state index in [4.69, 9.17) is 20.8 Å². The third kappa shape index (κ3) is 3.84. The van der Waals surface area contributed by atoms with Gasteiger partial charge in [0.1, 0.15) is 5.52 Å². The molecule has 1 N–H and O–H groups in total. The molecule has 0 amide bonds. The lowest BCUT2D eigenvalue weighted by molar-refractivity contribution is 0.318. The van der Waals surface area contributed by atoms with E-state index in [1.165, 1.54) is 6.21 Å². The quantitative estimate of drug-likeness (QED) is 0.300. The summed E-state index contributed by atoms with van der Waals surface area (Å²) in [6.45, 7) is 2.26. The van der Waals surface area contributed by atoms with Gasteiger partial charge in [0.15, 0.2) is 28.7 Å². The normalized spacial score (nSPS) is 11.5. The third-order valence-electron chi connectivity index (χ3n) is 4.29. The molecule has 0 atom stereocenters. The molecule has 0 radical (unpaired) electrons. The van der Waals surface area contributed by atoms with Crippen LogP contribution in [0.1, 0.15) is 12.5 Å². The first-order valence-corrected chi connectivity index (χ1v) is 9.38. The van der Waals surface area contributed by atoms with Crippen LogP contribution < -0.4 is 4.74 Å². The van der Waals surface area contributed by atoms with Crippen LogP contribution >= 0.6 is 11.6 Å². The Labute approximate surface area is 175 Å². The number of aliphatic imine (C=N–C) groups is 1. The summed E-state index contributed by atoms with van der Waals surface area (Å²) in [5.41, 5.74) is 2.10. The van der Waals surface area contributed by atoms with Crippen LogP contribution in [-0.2, 0) is 0 Å². The van der Waals surface area contributed by atoms with Crippen molar-refractivity contribution in [3.8, 4) is 23.0 Å². The maximum atomic E-state index is 13.6. The molecular weight excluding hydrogens is 414 g/mol. The number of aromatic hydroxyl groups is 1. The molecule has 0 unspecified atom stereocenters. The van der Waals surface area contributed by atoms with Crippen LogP contribution in [0, 0.1) is 11.6 Å². The molecule has 0 aliphatic heterocycles. The Bertz CT molecular complexity index is 1270. The predicted molar refractivity (Wildman–Crippen MR) is 111 cm³/mol. The molecule has 30 heavy (non-hydrogen) atoms. The standard InChI is InChI=1S/C22H15ClF2N2O3/c1-2-29-20-5-3-4-12(21(20)28)11-26-13-6-7-19-18(8-13)27-22(30-19)14-9-16(24)17(25)10-15(14)23/h3-11,28H,2H2,1H3. The van der Waals surface area contributed by atoms with E-state index in [2.05, 4.69) is 9.98 Å². The molecule has 3 aromatic carbocycles. The van der Waals surface area contributed by atoms with E-state index in [1.807, 2.05) is 6.92 Å². The lowest BCUT2D eigenvalue weighted by atomic mass is 10.2. The highest BCUT2D eigenvalue weighted by Crippen LogP contribution is 2.33. The summed E-state index contributed by atoms with van der Waals surface area (Å²) in [6.07, 6.45) is 1.51. The largest absolute Gasteiger partial charge is 0.504 e. The number of ether oxygens (including phenoxy) is 1. The van der Waals surface area contributed by atoms with Crippen molar-refractivity contribution in [2.45, 2.75) is 6.92 Å². The molecule has 0 saturated heterocycles.